The highest BCUT2D eigenvalue weighted by molar-refractivity contribution is 7.99. The predicted molar refractivity (Wildman–Crippen MR) is 154 cm³/mol. The van der Waals surface area contributed by atoms with Crippen LogP contribution in [0.2, 0.25) is 0 Å². The maximum atomic E-state index is 13.5. The van der Waals surface area contributed by atoms with Gasteiger partial charge < -0.3 is 24.7 Å². The number of anilines is 1. The van der Waals surface area contributed by atoms with Crippen molar-refractivity contribution in [1.82, 2.24) is 9.88 Å². The molecule has 2 aromatic carbocycles. The van der Waals surface area contributed by atoms with E-state index in [1.165, 1.54) is 11.8 Å². The Morgan fingerprint density at radius 2 is 1.85 bits per heavy atom. The maximum absolute atomic E-state index is 13.5. The fourth-order valence-corrected chi connectivity index (χ4v) is 6.56. The highest BCUT2D eigenvalue weighted by atomic mass is 32.2. The van der Waals surface area contributed by atoms with Crippen molar-refractivity contribution in [3.63, 3.8) is 0 Å². The zero-order valence-electron chi connectivity index (χ0n) is 23.5. The second-order valence-electron chi connectivity index (χ2n) is 10.9. The first kappa shape index (κ1) is 30.9. The second kappa shape index (κ2) is 13.3. The van der Waals surface area contributed by atoms with Gasteiger partial charge in [-0.1, -0.05) is 0 Å². The summed E-state index contributed by atoms with van der Waals surface area (Å²) >= 11 is 1.25. The fourth-order valence-electron chi connectivity index (χ4n) is 5.60. The van der Waals surface area contributed by atoms with Crippen LogP contribution < -0.4 is 9.64 Å². The van der Waals surface area contributed by atoms with Gasteiger partial charge in [0, 0.05) is 42.2 Å². The summed E-state index contributed by atoms with van der Waals surface area (Å²) in [5, 5.41) is 22.0. The van der Waals surface area contributed by atoms with Gasteiger partial charge >= 0.3 is 5.97 Å². The molecule has 7 nitrogen and oxygen atoms in total. The number of carbonyl (C=O) groups is 1. The average Bonchev–Trinajstić information content (AvgIpc) is 2.94. The summed E-state index contributed by atoms with van der Waals surface area (Å²) in [6.07, 6.45) is 3.17. The minimum Gasteiger partial charge on any atom is -0.497 e. The van der Waals surface area contributed by atoms with Crippen LogP contribution >= 0.6 is 11.8 Å². The number of hydrogen-bond acceptors (Lipinski definition) is 7. The van der Waals surface area contributed by atoms with Crippen LogP contribution in [0.4, 0.5) is 18.9 Å². The van der Waals surface area contributed by atoms with Crippen molar-refractivity contribution in [2.75, 3.05) is 51.5 Å². The molecular weight excluding hydrogens is 555 g/mol. The number of aliphatic hydroxyl groups excluding tert-OH is 1. The van der Waals surface area contributed by atoms with Gasteiger partial charge in [-0.3, -0.25) is 9.78 Å². The van der Waals surface area contributed by atoms with Crippen LogP contribution in [0.1, 0.15) is 43.8 Å². The number of aromatic nitrogens is 1. The number of halogens is 3. The lowest BCUT2D eigenvalue weighted by Gasteiger charge is -2.41. The summed E-state index contributed by atoms with van der Waals surface area (Å²) < 4.78 is 45.6. The van der Waals surface area contributed by atoms with Gasteiger partial charge in [0.25, 0.3) is 0 Å². The first-order valence-corrected chi connectivity index (χ1v) is 14.5. The first-order valence-electron chi connectivity index (χ1n) is 13.6. The lowest BCUT2D eigenvalue weighted by Crippen LogP contribution is -2.42. The van der Waals surface area contributed by atoms with Crippen molar-refractivity contribution < 1.29 is 32.9 Å². The zero-order valence-corrected chi connectivity index (χ0v) is 24.3. The molecule has 0 aliphatic carbocycles. The van der Waals surface area contributed by atoms with E-state index in [9.17, 15) is 28.2 Å². The van der Waals surface area contributed by atoms with E-state index in [-0.39, 0.29) is 6.42 Å². The third-order valence-electron chi connectivity index (χ3n) is 7.94. The normalized spacial score (nSPS) is 16.1. The van der Waals surface area contributed by atoms with E-state index >= 15 is 0 Å². The second-order valence-corrected chi connectivity index (χ2v) is 12.0. The zero-order chi connectivity index (χ0) is 29.7. The van der Waals surface area contributed by atoms with Crippen molar-refractivity contribution in [2.24, 2.45) is 5.41 Å². The Labute approximate surface area is 242 Å². The number of carboxylic acid groups (broad SMARTS) is 1. The molecule has 0 bridgehead atoms. The van der Waals surface area contributed by atoms with Gasteiger partial charge in [0.2, 0.25) is 0 Å². The van der Waals surface area contributed by atoms with Crippen LogP contribution in [-0.4, -0.2) is 72.7 Å². The van der Waals surface area contributed by atoms with Gasteiger partial charge in [-0.25, -0.2) is 13.2 Å². The number of thioether (sulfide) groups is 1. The van der Waals surface area contributed by atoms with Gasteiger partial charge in [-0.2, -0.15) is 0 Å². The van der Waals surface area contributed by atoms with E-state index in [2.05, 4.69) is 9.88 Å². The number of carboxylic acids is 1. The summed E-state index contributed by atoms with van der Waals surface area (Å²) in [5.74, 6) is -3.53. The Kier molecular flexibility index (Phi) is 10.0. The molecule has 11 heteroatoms. The lowest BCUT2D eigenvalue weighted by molar-refractivity contribution is -0.141. The number of benzene rings is 2. The quantitative estimate of drug-likeness (QED) is 0.199. The Hall–Kier alpha value is -3.02. The van der Waals surface area contributed by atoms with Gasteiger partial charge in [0.05, 0.1) is 37.0 Å². The monoisotopic (exact) mass is 591 g/mol. The number of likely N-dealkylation sites (tertiary alicyclic amines) is 1. The number of pyridine rings is 1. The van der Waals surface area contributed by atoms with Gasteiger partial charge in [-0.15, -0.1) is 11.8 Å². The number of rotatable bonds is 12. The smallest absolute Gasteiger partial charge is 0.303 e. The molecule has 0 radical (unpaired) electrons. The number of ether oxygens (including phenoxy) is 1. The standard InChI is InChI=1S/C30H36F3N3O4S/c1-35(2)25-18-34-24-5-4-19(40-3)14-21(24)28(25)26(37)6-7-30(17-27(38)39)8-10-36(11-9-30)12-13-41-20-15-22(31)29(33)23(32)16-20/h4-5,14-16,18,26,37H,6-13,17H2,1-3H3,(H,38,39). The Bertz CT molecular complexity index is 1360. The van der Waals surface area contributed by atoms with Crippen LogP contribution in [0.25, 0.3) is 10.9 Å². The molecule has 1 aliphatic heterocycles. The summed E-state index contributed by atoms with van der Waals surface area (Å²) in [6.45, 7) is 2.00. The van der Waals surface area contributed by atoms with Crippen LogP contribution in [0.5, 0.6) is 5.75 Å². The lowest BCUT2D eigenvalue weighted by atomic mass is 9.71. The van der Waals surface area contributed by atoms with Gasteiger partial charge in [0.1, 0.15) is 5.75 Å². The topological polar surface area (TPSA) is 86.1 Å². The number of hydrogen-bond donors (Lipinski definition) is 2. The van der Waals surface area contributed by atoms with Crippen molar-refractivity contribution in [3.05, 3.63) is 59.5 Å². The molecule has 1 fully saturated rings. The Morgan fingerprint density at radius 1 is 1.17 bits per heavy atom. The minimum absolute atomic E-state index is 0.0158. The van der Waals surface area contributed by atoms with Gasteiger partial charge in [-0.05, 0) is 74.5 Å². The SMILES string of the molecule is COc1ccc2ncc(N(C)C)c(C(O)CCC3(CC(=O)O)CCN(CCSc4cc(F)c(F)c(F)c4)CC3)c2c1. The third kappa shape index (κ3) is 7.44. The number of fused-ring (bicyclic) bond motifs is 1. The molecule has 1 unspecified atom stereocenters. The summed E-state index contributed by atoms with van der Waals surface area (Å²) in [7, 11) is 5.37. The highest BCUT2D eigenvalue weighted by Crippen LogP contribution is 2.43. The number of aliphatic carboxylic acids is 1. The van der Waals surface area contributed by atoms with E-state index in [0.29, 0.717) is 61.7 Å². The van der Waals surface area contributed by atoms with Crippen molar-refractivity contribution in [3.8, 4) is 5.75 Å². The maximum Gasteiger partial charge on any atom is 0.303 e. The van der Waals surface area contributed by atoms with Crippen LogP contribution in [0, 0.1) is 22.9 Å². The van der Waals surface area contributed by atoms with Crippen LogP contribution in [0.15, 0.2) is 41.4 Å². The summed E-state index contributed by atoms with van der Waals surface area (Å²) in [4.78, 5) is 20.8. The number of methoxy groups -OCH3 is 1. The molecule has 1 atom stereocenters. The van der Waals surface area contributed by atoms with E-state index in [4.69, 9.17) is 4.74 Å². The molecule has 0 amide bonds. The van der Waals surface area contributed by atoms with Crippen LogP contribution in [0.3, 0.4) is 0 Å². The summed E-state index contributed by atoms with van der Waals surface area (Å²) in [5.41, 5.74) is 1.81. The predicted octanol–water partition coefficient (Wildman–Crippen LogP) is 5.89. The molecule has 3 aromatic rings. The number of nitrogens with zero attached hydrogens (tertiary/aromatic N) is 3. The van der Waals surface area contributed by atoms with Crippen molar-refractivity contribution in [2.45, 2.75) is 43.1 Å². The molecule has 0 saturated carbocycles. The molecule has 1 aromatic heterocycles. The van der Waals surface area contributed by atoms with E-state index in [1.54, 1.807) is 13.3 Å². The highest BCUT2D eigenvalue weighted by Gasteiger charge is 2.37. The molecule has 1 aliphatic rings. The third-order valence-corrected chi connectivity index (χ3v) is 8.89. The van der Waals surface area contributed by atoms with E-state index in [0.717, 1.165) is 34.3 Å². The molecule has 0 spiro atoms. The van der Waals surface area contributed by atoms with E-state index < -0.39 is 34.9 Å². The molecule has 2 heterocycles. The summed E-state index contributed by atoms with van der Waals surface area (Å²) in [6, 6.07) is 7.53. The Morgan fingerprint density at radius 3 is 2.46 bits per heavy atom. The molecule has 2 N–H and O–H groups in total. The van der Waals surface area contributed by atoms with Crippen LogP contribution in [-0.2, 0) is 4.79 Å². The fraction of sp³-hybridized carbons (Fsp3) is 0.467. The first-order chi connectivity index (χ1) is 19.5. The van der Waals surface area contributed by atoms with Gasteiger partial charge in [0.15, 0.2) is 17.5 Å². The van der Waals surface area contributed by atoms with Crippen molar-refractivity contribution >= 4 is 34.3 Å². The molecule has 1 saturated heterocycles. The van der Waals surface area contributed by atoms with Crippen molar-refractivity contribution in [1.29, 1.82) is 0 Å². The van der Waals surface area contributed by atoms with E-state index in [1.807, 2.05) is 37.2 Å². The minimum atomic E-state index is -1.47. The molecular formula is C30H36F3N3O4S. The number of piperidine rings is 1. The largest absolute Gasteiger partial charge is 0.497 e. The molecule has 4 rings (SSSR count). The molecule has 222 valence electrons. The number of aliphatic hydroxyl groups is 1. The Balaban J connectivity index is 1.42. The molecule has 41 heavy (non-hydrogen) atoms. The average molecular weight is 592 g/mol.